The minimum Gasteiger partial charge on any atom is -0.493 e. The standard InChI is InChI=1S/C37H29BrN2O6/c1-23-7-11-26-5-3-4-6-30(26)32(23)22-46-33-18-10-25(20-34(33)44-2)19-31-35(41)39-37(43)40(36(31)42)28-14-16-29(17-15-28)45-21-24-8-12-27(38)13-9-24/h3-20H,21-22H2,1-2H3,(H,39,41,43)/b31-19+. The summed E-state index contributed by atoms with van der Waals surface area (Å²) in [6.45, 7) is 2.73. The van der Waals surface area contributed by atoms with Gasteiger partial charge in [-0.25, -0.2) is 9.69 Å². The van der Waals surface area contributed by atoms with Gasteiger partial charge in [-0.3, -0.25) is 14.9 Å². The number of benzene rings is 5. The SMILES string of the molecule is COc1cc(/C=C2\C(=O)NC(=O)N(c3ccc(OCc4ccc(Br)cc4)cc3)C2=O)ccc1OCc1c(C)ccc2ccccc12. The average molecular weight is 678 g/mol. The highest BCUT2D eigenvalue weighted by Crippen LogP contribution is 2.32. The van der Waals surface area contributed by atoms with Crippen molar-refractivity contribution in [3.8, 4) is 17.2 Å². The van der Waals surface area contributed by atoms with E-state index in [-0.39, 0.29) is 5.57 Å². The van der Waals surface area contributed by atoms with Gasteiger partial charge in [-0.2, -0.15) is 0 Å². The van der Waals surface area contributed by atoms with Crippen molar-refractivity contribution in [2.75, 3.05) is 12.0 Å². The van der Waals surface area contributed by atoms with Crippen LogP contribution in [0.25, 0.3) is 16.8 Å². The molecule has 230 valence electrons. The third-order valence-corrected chi connectivity index (χ3v) is 8.19. The molecule has 0 spiro atoms. The number of aryl methyl sites for hydroxylation is 1. The Kier molecular flexibility index (Phi) is 8.85. The number of carbonyl (C=O) groups is 3. The first kappa shape index (κ1) is 30.6. The summed E-state index contributed by atoms with van der Waals surface area (Å²) in [4.78, 5) is 39.9. The number of imide groups is 2. The summed E-state index contributed by atoms with van der Waals surface area (Å²) in [5, 5.41) is 4.51. The molecule has 0 radical (unpaired) electrons. The van der Waals surface area contributed by atoms with Gasteiger partial charge < -0.3 is 14.2 Å². The van der Waals surface area contributed by atoms with Crippen LogP contribution in [0.5, 0.6) is 17.2 Å². The molecule has 8 nitrogen and oxygen atoms in total. The Morgan fingerprint density at radius 2 is 1.57 bits per heavy atom. The van der Waals surface area contributed by atoms with E-state index in [1.54, 1.807) is 42.5 Å². The van der Waals surface area contributed by atoms with Crippen molar-refractivity contribution in [1.29, 1.82) is 0 Å². The molecule has 0 bridgehead atoms. The second kappa shape index (κ2) is 13.3. The number of barbiturate groups is 1. The second-order valence-electron chi connectivity index (χ2n) is 10.6. The Hall–Kier alpha value is -5.41. The fourth-order valence-corrected chi connectivity index (χ4v) is 5.44. The molecule has 0 aromatic heterocycles. The van der Waals surface area contributed by atoms with Crippen LogP contribution in [-0.2, 0) is 22.8 Å². The van der Waals surface area contributed by atoms with Crippen LogP contribution in [0.3, 0.4) is 0 Å². The van der Waals surface area contributed by atoms with Gasteiger partial charge in [-0.05, 0) is 89.0 Å². The van der Waals surface area contributed by atoms with Gasteiger partial charge in [0.1, 0.15) is 24.5 Å². The molecule has 1 saturated heterocycles. The number of urea groups is 1. The number of rotatable bonds is 9. The molecule has 1 aliphatic rings. The molecule has 0 saturated carbocycles. The van der Waals surface area contributed by atoms with Crippen LogP contribution in [0.4, 0.5) is 10.5 Å². The lowest BCUT2D eigenvalue weighted by atomic mass is 10.0. The fraction of sp³-hybridized carbons (Fsp3) is 0.108. The van der Waals surface area contributed by atoms with Crippen LogP contribution >= 0.6 is 15.9 Å². The largest absolute Gasteiger partial charge is 0.493 e. The van der Waals surface area contributed by atoms with Crippen molar-refractivity contribution < 1.29 is 28.6 Å². The van der Waals surface area contributed by atoms with E-state index in [9.17, 15) is 14.4 Å². The quantitative estimate of drug-likeness (QED) is 0.127. The summed E-state index contributed by atoms with van der Waals surface area (Å²) in [5.41, 5.74) is 3.80. The topological polar surface area (TPSA) is 94.2 Å². The highest BCUT2D eigenvalue weighted by molar-refractivity contribution is 9.10. The molecule has 4 amide bonds. The maximum atomic E-state index is 13.5. The fourth-order valence-electron chi connectivity index (χ4n) is 5.18. The van der Waals surface area contributed by atoms with E-state index in [1.807, 2.05) is 43.3 Å². The number of anilines is 1. The van der Waals surface area contributed by atoms with E-state index in [0.29, 0.717) is 41.7 Å². The summed E-state index contributed by atoms with van der Waals surface area (Å²) in [5.74, 6) is -0.0268. The molecular weight excluding hydrogens is 648 g/mol. The van der Waals surface area contributed by atoms with Gasteiger partial charge in [0.2, 0.25) is 0 Å². The number of halogens is 1. The van der Waals surface area contributed by atoms with Crippen molar-refractivity contribution in [2.24, 2.45) is 0 Å². The van der Waals surface area contributed by atoms with Crippen molar-refractivity contribution in [2.45, 2.75) is 20.1 Å². The Morgan fingerprint density at radius 1 is 0.804 bits per heavy atom. The summed E-state index contributed by atoms with van der Waals surface area (Å²) in [7, 11) is 1.52. The number of fused-ring (bicyclic) bond motifs is 1. The average Bonchev–Trinajstić information content (AvgIpc) is 3.06. The zero-order valence-electron chi connectivity index (χ0n) is 25.1. The summed E-state index contributed by atoms with van der Waals surface area (Å²) in [6, 6.07) is 30.9. The second-order valence-corrected chi connectivity index (χ2v) is 11.6. The zero-order valence-corrected chi connectivity index (χ0v) is 26.7. The Balaban J connectivity index is 1.18. The monoisotopic (exact) mass is 676 g/mol. The third-order valence-electron chi connectivity index (χ3n) is 7.66. The predicted octanol–water partition coefficient (Wildman–Crippen LogP) is 7.74. The lowest BCUT2D eigenvalue weighted by Gasteiger charge is -2.26. The predicted molar refractivity (Wildman–Crippen MR) is 180 cm³/mol. The molecule has 9 heteroatoms. The van der Waals surface area contributed by atoms with Crippen molar-refractivity contribution >= 4 is 56.3 Å². The first-order chi connectivity index (χ1) is 22.3. The van der Waals surface area contributed by atoms with E-state index < -0.39 is 17.8 Å². The number of methoxy groups -OCH3 is 1. The molecule has 5 aromatic carbocycles. The van der Waals surface area contributed by atoms with Crippen LogP contribution in [0.1, 0.15) is 22.3 Å². The number of hydrogen-bond acceptors (Lipinski definition) is 6. The molecule has 46 heavy (non-hydrogen) atoms. The number of nitrogens with zero attached hydrogens (tertiary/aromatic N) is 1. The highest BCUT2D eigenvalue weighted by Gasteiger charge is 2.36. The van der Waals surface area contributed by atoms with Crippen LogP contribution in [-0.4, -0.2) is 25.0 Å². The van der Waals surface area contributed by atoms with Crippen molar-refractivity contribution in [3.63, 3.8) is 0 Å². The summed E-state index contributed by atoms with van der Waals surface area (Å²) < 4.78 is 18.6. The third kappa shape index (κ3) is 6.50. The molecule has 1 heterocycles. The van der Waals surface area contributed by atoms with E-state index in [1.165, 1.54) is 13.2 Å². The Bertz CT molecular complexity index is 1990. The van der Waals surface area contributed by atoms with Gasteiger partial charge in [-0.15, -0.1) is 0 Å². The van der Waals surface area contributed by atoms with Crippen molar-refractivity contribution in [1.82, 2.24) is 5.32 Å². The minimum absolute atomic E-state index is 0.197. The molecule has 1 fully saturated rings. The van der Waals surface area contributed by atoms with Gasteiger partial charge in [0.05, 0.1) is 12.8 Å². The van der Waals surface area contributed by atoms with Crippen LogP contribution in [0, 0.1) is 6.92 Å². The van der Waals surface area contributed by atoms with E-state index >= 15 is 0 Å². The van der Waals surface area contributed by atoms with Crippen LogP contribution in [0.2, 0.25) is 0 Å². The molecule has 0 unspecified atom stereocenters. The number of hydrogen-bond donors (Lipinski definition) is 1. The normalized spacial score (nSPS) is 14.0. The molecule has 5 aromatic rings. The van der Waals surface area contributed by atoms with Crippen LogP contribution in [0.15, 0.2) is 113 Å². The Morgan fingerprint density at radius 3 is 2.33 bits per heavy atom. The van der Waals surface area contributed by atoms with Gasteiger partial charge in [0.25, 0.3) is 11.8 Å². The number of amides is 4. The minimum atomic E-state index is -0.833. The van der Waals surface area contributed by atoms with Gasteiger partial charge >= 0.3 is 6.03 Å². The van der Waals surface area contributed by atoms with Gasteiger partial charge in [-0.1, -0.05) is 70.5 Å². The first-order valence-electron chi connectivity index (χ1n) is 14.5. The maximum absolute atomic E-state index is 13.5. The van der Waals surface area contributed by atoms with Gasteiger partial charge in [0, 0.05) is 10.0 Å². The smallest absolute Gasteiger partial charge is 0.335 e. The lowest BCUT2D eigenvalue weighted by molar-refractivity contribution is -0.122. The Labute approximate surface area is 274 Å². The van der Waals surface area contributed by atoms with Crippen molar-refractivity contribution in [3.05, 3.63) is 135 Å². The van der Waals surface area contributed by atoms with Crippen LogP contribution < -0.4 is 24.4 Å². The molecule has 1 N–H and O–H groups in total. The first-order valence-corrected chi connectivity index (χ1v) is 15.3. The van der Waals surface area contributed by atoms with E-state index in [4.69, 9.17) is 14.2 Å². The highest BCUT2D eigenvalue weighted by atomic mass is 79.9. The van der Waals surface area contributed by atoms with Gasteiger partial charge in [0.15, 0.2) is 11.5 Å². The zero-order chi connectivity index (χ0) is 32.2. The lowest BCUT2D eigenvalue weighted by Crippen LogP contribution is -2.54. The van der Waals surface area contributed by atoms with E-state index in [2.05, 4.69) is 45.5 Å². The number of nitrogens with one attached hydrogen (secondary N) is 1. The molecular formula is C37H29BrN2O6. The summed E-state index contributed by atoms with van der Waals surface area (Å²) in [6.07, 6.45) is 1.42. The molecule has 0 aliphatic carbocycles. The molecule has 6 rings (SSSR count). The number of carbonyl (C=O) groups excluding carboxylic acids is 3. The van der Waals surface area contributed by atoms with E-state index in [0.717, 1.165) is 36.8 Å². The number of ether oxygens (including phenoxy) is 3. The maximum Gasteiger partial charge on any atom is 0.335 e. The molecule has 1 aliphatic heterocycles. The molecule has 0 atom stereocenters. The summed E-state index contributed by atoms with van der Waals surface area (Å²) >= 11 is 3.41.